The standard InChI is InChI=1S/C26H24N6O2S/c1-17-7-3-4-8-20(17)26-31-30-25(34-26)19-12-10-18(11-13-19)24(33)27-21(14-16-35-2)23-29-28-22-9-5-6-15-32(22)23/h3-13,15,21H,14,16H2,1-2H3,(H,27,33). The van der Waals surface area contributed by atoms with Crippen LogP contribution in [0.1, 0.15) is 34.2 Å². The summed E-state index contributed by atoms with van der Waals surface area (Å²) in [6.45, 7) is 2.00. The zero-order valence-electron chi connectivity index (χ0n) is 19.4. The first kappa shape index (κ1) is 22.8. The Balaban J connectivity index is 1.34. The number of aryl methyl sites for hydroxylation is 1. The van der Waals surface area contributed by atoms with Crippen LogP contribution in [0.3, 0.4) is 0 Å². The molecule has 0 radical (unpaired) electrons. The van der Waals surface area contributed by atoms with E-state index >= 15 is 0 Å². The fraction of sp³-hybridized carbons (Fsp3) is 0.192. The number of hydrogen-bond donors (Lipinski definition) is 1. The van der Waals surface area contributed by atoms with Gasteiger partial charge in [-0.2, -0.15) is 11.8 Å². The molecular formula is C26H24N6O2S. The largest absolute Gasteiger partial charge is 0.416 e. The Kier molecular flexibility index (Phi) is 6.58. The molecule has 5 rings (SSSR count). The van der Waals surface area contributed by atoms with E-state index in [4.69, 9.17) is 4.42 Å². The molecule has 0 fully saturated rings. The smallest absolute Gasteiger partial charge is 0.251 e. The number of amides is 1. The maximum absolute atomic E-state index is 13.1. The second-order valence-electron chi connectivity index (χ2n) is 8.10. The van der Waals surface area contributed by atoms with Crippen molar-refractivity contribution in [2.45, 2.75) is 19.4 Å². The summed E-state index contributed by atoms with van der Waals surface area (Å²) in [4.78, 5) is 13.1. The molecule has 2 aromatic carbocycles. The molecule has 0 aliphatic rings. The van der Waals surface area contributed by atoms with Crippen LogP contribution in [0.2, 0.25) is 0 Å². The zero-order valence-corrected chi connectivity index (χ0v) is 20.2. The molecule has 3 heterocycles. The third-order valence-electron chi connectivity index (χ3n) is 5.76. The summed E-state index contributed by atoms with van der Waals surface area (Å²) in [6.07, 6.45) is 4.69. The Bertz CT molecular complexity index is 1460. The molecule has 1 N–H and O–H groups in total. The number of fused-ring (bicyclic) bond motifs is 1. The molecule has 0 aliphatic carbocycles. The molecule has 3 aromatic heterocycles. The monoisotopic (exact) mass is 484 g/mol. The summed E-state index contributed by atoms with van der Waals surface area (Å²) < 4.78 is 7.81. The SMILES string of the molecule is CSCCC(NC(=O)c1ccc(-c2nnc(-c3ccccc3C)o2)cc1)c1nnc2ccccn12. The summed E-state index contributed by atoms with van der Waals surface area (Å²) in [7, 11) is 0. The number of nitrogens with zero attached hydrogens (tertiary/aromatic N) is 5. The third kappa shape index (κ3) is 4.81. The van der Waals surface area contributed by atoms with E-state index in [-0.39, 0.29) is 11.9 Å². The van der Waals surface area contributed by atoms with Crippen LogP contribution in [0.15, 0.2) is 77.3 Å². The predicted molar refractivity (Wildman–Crippen MR) is 136 cm³/mol. The van der Waals surface area contributed by atoms with Crippen LogP contribution >= 0.6 is 11.8 Å². The van der Waals surface area contributed by atoms with Gasteiger partial charge >= 0.3 is 0 Å². The lowest BCUT2D eigenvalue weighted by atomic mass is 10.1. The lowest BCUT2D eigenvalue weighted by Gasteiger charge is -2.17. The molecule has 9 heteroatoms. The van der Waals surface area contributed by atoms with Crippen molar-refractivity contribution in [1.29, 1.82) is 0 Å². The van der Waals surface area contributed by atoms with Gasteiger partial charge in [0.05, 0.1) is 6.04 Å². The summed E-state index contributed by atoms with van der Waals surface area (Å²) in [5.74, 6) is 2.29. The Morgan fingerprint density at radius 1 is 0.971 bits per heavy atom. The summed E-state index contributed by atoms with van der Waals surface area (Å²) >= 11 is 1.72. The van der Waals surface area contributed by atoms with E-state index in [1.165, 1.54) is 0 Å². The molecule has 1 amide bonds. The predicted octanol–water partition coefficient (Wildman–Crippen LogP) is 4.98. The Morgan fingerprint density at radius 2 is 1.74 bits per heavy atom. The van der Waals surface area contributed by atoms with Crippen LogP contribution < -0.4 is 5.32 Å². The number of hydrogen-bond acceptors (Lipinski definition) is 7. The molecule has 1 unspecified atom stereocenters. The third-order valence-corrected chi connectivity index (χ3v) is 6.41. The van der Waals surface area contributed by atoms with Gasteiger partial charge in [-0.05, 0) is 73.4 Å². The Morgan fingerprint density at radius 3 is 2.54 bits per heavy atom. The van der Waals surface area contributed by atoms with E-state index < -0.39 is 0 Å². The molecule has 0 aliphatic heterocycles. The number of rotatable bonds is 8. The minimum absolute atomic E-state index is 0.179. The number of carbonyl (C=O) groups excluding carboxylic acids is 1. The molecule has 0 saturated carbocycles. The van der Waals surface area contributed by atoms with Crippen molar-refractivity contribution < 1.29 is 9.21 Å². The van der Waals surface area contributed by atoms with Crippen LogP contribution in [0.4, 0.5) is 0 Å². The minimum Gasteiger partial charge on any atom is -0.416 e. The number of nitrogens with one attached hydrogen (secondary N) is 1. The summed E-state index contributed by atoms with van der Waals surface area (Å²) in [5, 5.41) is 20.1. The van der Waals surface area contributed by atoms with Crippen LogP contribution in [-0.2, 0) is 0 Å². The average Bonchev–Trinajstić information content (AvgIpc) is 3.55. The quantitative estimate of drug-likeness (QED) is 0.332. The maximum atomic E-state index is 13.1. The minimum atomic E-state index is -0.264. The Labute approximate surface area is 206 Å². The fourth-order valence-electron chi connectivity index (χ4n) is 3.87. The van der Waals surface area contributed by atoms with E-state index in [0.717, 1.165) is 34.5 Å². The molecule has 0 bridgehead atoms. The molecule has 1 atom stereocenters. The van der Waals surface area contributed by atoms with Crippen LogP contribution in [-0.4, -0.2) is 42.7 Å². The van der Waals surface area contributed by atoms with Gasteiger partial charge in [0.1, 0.15) is 0 Å². The fourth-order valence-corrected chi connectivity index (χ4v) is 4.34. The first-order chi connectivity index (χ1) is 17.1. The highest BCUT2D eigenvalue weighted by Gasteiger charge is 2.21. The van der Waals surface area contributed by atoms with Gasteiger partial charge in [-0.1, -0.05) is 24.3 Å². The van der Waals surface area contributed by atoms with Gasteiger partial charge in [-0.15, -0.1) is 20.4 Å². The van der Waals surface area contributed by atoms with E-state index in [0.29, 0.717) is 23.2 Å². The molecule has 8 nitrogen and oxygen atoms in total. The molecule has 5 aromatic rings. The van der Waals surface area contributed by atoms with Gasteiger partial charge in [-0.3, -0.25) is 9.20 Å². The molecule has 0 spiro atoms. The van der Waals surface area contributed by atoms with Crippen LogP contribution in [0.5, 0.6) is 0 Å². The van der Waals surface area contributed by atoms with E-state index in [9.17, 15) is 4.79 Å². The highest BCUT2D eigenvalue weighted by molar-refractivity contribution is 7.98. The number of aromatic nitrogens is 5. The molecule has 176 valence electrons. The lowest BCUT2D eigenvalue weighted by Crippen LogP contribution is -2.30. The van der Waals surface area contributed by atoms with E-state index in [1.54, 1.807) is 23.9 Å². The van der Waals surface area contributed by atoms with E-state index in [2.05, 4.69) is 25.7 Å². The van der Waals surface area contributed by atoms with Gasteiger partial charge in [0.25, 0.3) is 5.91 Å². The highest BCUT2D eigenvalue weighted by atomic mass is 32.2. The average molecular weight is 485 g/mol. The van der Waals surface area contributed by atoms with Crippen LogP contribution in [0.25, 0.3) is 28.6 Å². The summed E-state index contributed by atoms with van der Waals surface area (Å²) in [5.41, 5.74) is 4.00. The van der Waals surface area contributed by atoms with Gasteiger partial charge in [0.2, 0.25) is 11.8 Å². The lowest BCUT2D eigenvalue weighted by molar-refractivity contribution is 0.0934. The molecule has 35 heavy (non-hydrogen) atoms. The van der Waals surface area contributed by atoms with Crippen molar-refractivity contribution in [1.82, 2.24) is 30.1 Å². The number of pyridine rings is 1. The first-order valence-electron chi connectivity index (χ1n) is 11.2. The van der Waals surface area contributed by atoms with Crippen molar-refractivity contribution in [3.63, 3.8) is 0 Å². The summed E-state index contributed by atoms with van der Waals surface area (Å²) in [6, 6.07) is 20.5. The van der Waals surface area contributed by atoms with Crippen molar-refractivity contribution in [2.24, 2.45) is 0 Å². The topological polar surface area (TPSA) is 98.2 Å². The Hall–Kier alpha value is -3.98. The second-order valence-corrected chi connectivity index (χ2v) is 9.08. The molecule has 0 saturated heterocycles. The number of carbonyl (C=O) groups is 1. The number of thioether (sulfide) groups is 1. The second kappa shape index (κ2) is 10.1. The van der Waals surface area contributed by atoms with Gasteiger partial charge in [-0.25, -0.2) is 0 Å². The highest BCUT2D eigenvalue weighted by Crippen LogP contribution is 2.26. The van der Waals surface area contributed by atoms with Crippen molar-refractivity contribution in [3.05, 3.63) is 89.9 Å². The van der Waals surface area contributed by atoms with Crippen LogP contribution in [0, 0.1) is 6.92 Å². The van der Waals surface area contributed by atoms with E-state index in [1.807, 2.05) is 78.4 Å². The van der Waals surface area contributed by atoms with Gasteiger partial charge in [0, 0.05) is 22.9 Å². The van der Waals surface area contributed by atoms with Gasteiger partial charge < -0.3 is 9.73 Å². The maximum Gasteiger partial charge on any atom is 0.251 e. The zero-order chi connectivity index (χ0) is 24.2. The van der Waals surface area contributed by atoms with Crippen molar-refractivity contribution in [3.8, 4) is 22.9 Å². The van der Waals surface area contributed by atoms with Crippen molar-refractivity contribution >= 4 is 23.3 Å². The molecular weight excluding hydrogens is 460 g/mol. The van der Waals surface area contributed by atoms with Crippen molar-refractivity contribution in [2.75, 3.05) is 12.0 Å². The first-order valence-corrected chi connectivity index (χ1v) is 12.6. The number of benzene rings is 2. The normalized spacial score (nSPS) is 12.1. The van der Waals surface area contributed by atoms with Gasteiger partial charge in [0.15, 0.2) is 11.5 Å².